The summed E-state index contributed by atoms with van der Waals surface area (Å²) >= 11 is 9.57. The molecule has 0 bridgehead atoms. The van der Waals surface area contributed by atoms with Gasteiger partial charge in [-0.3, -0.25) is 28.6 Å². The lowest BCUT2D eigenvalue weighted by Gasteiger charge is -2.30. The first-order valence-electron chi connectivity index (χ1n) is 24.3. The van der Waals surface area contributed by atoms with Crippen molar-refractivity contribution in [2.45, 2.75) is 104 Å². The molecule has 0 radical (unpaired) electrons. The van der Waals surface area contributed by atoms with Crippen LogP contribution < -0.4 is 15.5 Å². The topological polar surface area (TPSA) is 189 Å². The van der Waals surface area contributed by atoms with Gasteiger partial charge < -0.3 is 25.5 Å². The van der Waals surface area contributed by atoms with Crippen molar-refractivity contribution in [3.8, 4) is 26.6 Å². The Bertz CT molecular complexity index is 3200. The van der Waals surface area contributed by atoms with E-state index >= 15 is 0 Å². The molecular weight excluding hydrogens is 968 g/mol. The molecule has 3 aliphatic rings. The average Bonchev–Trinajstić information content (AvgIpc) is 4.24. The lowest BCUT2D eigenvalue weighted by atomic mass is 9.99. The summed E-state index contributed by atoms with van der Waals surface area (Å²) in [6, 6.07) is 17.0. The summed E-state index contributed by atoms with van der Waals surface area (Å²) in [5, 5.41) is 32.6. The second-order valence-electron chi connectivity index (χ2n) is 19.4. The third-order valence-electron chi connectivity index (χ3n) is 14.1. The Morgan fingerprint density at radius 2 is 1.68 bits per heavy atom. The molecule has 8 heterocycles. The Kier molecular flexibility index (Phi) is 13.7. The highest BCUT2D eigenvalue weighted by Gasteiger charge is 2.43. The average molecular weight is 1030 g/mol. The maximum atomic E-state index is 14.5. The molecule has 2 aromatic carbocycles. The van der Waals surface area contributed by atoms with Gasteiger partial charge in [0.05, 0.1) is 46.6 Å². The van der Waals surface area contributed by atoms with Crippen molar-refractivity contribution >= 4 is 63.5 Å². The molecule has 2 fully saturated rings. The molecule has 3 amide bonds. The van der Waals surface area contributed by atoms with E-state index in [2.05, 4.69) is 49.1 Å². The summed E-state index contributed by atoms with van der Waals surface area (Å²) in [5.74, 6) is 1.22. The summed E-state index contributed by atoms with van der Waals surface area (Å²) in [5.41, 5.74) is 10.3. The minimum absolute atomic E-state index is 0.0501. The van der Waals surface area contributed by atoms with E-state index in [1.165, 1.54) is 9.78 Å². The number of amides is 3. The van der Waals surface area contributed by atoms with Crippen molar-refractivity contribution in [3.63, 3.8) is 0 Å². The van der Waals surface area contributed by atoms with Gasteiger partial charge in [0.1, 0.15) is 34.8 Å². The van der Waals surface area contributed by atoms with Gasteiger partial charge >= 0.3 is 0 Å². The van der Waals surface area contributed by atoms with Crippen LogP contribution in [0.3, 0.4) is 0 Å². The van der Waals surface area contributed by atoms with E-state index in [0.29, 0.717) is 23.9 Å². The number of halogens is 1. The Morgan fingerprint density at radius 1 is 0.917 bits per heavy atom. The fourth-order valence-corrected chi connectivity index (χ4v) is 12.3. The Balaban J connectivity index is 0.796. The van der Waals surface area contributed by atoms with Gasteiger partial charge in [-0.2, -0.15) is 5.10 Å². The van der Waals surface area contributed by atoms with Gasteiger partial charge in [0.25, 0.3) is 0 Å². The van der Waals surface area contributed by atoms with Crippen molar-refractivity contribution in [2.24, 2.45) is 10.9 Å². The first-order chi connectivity index (χ1) is 34.6. The minimum Gasteiger partial charge on any atom is -0.391 e. The van der Waals surface area contributed by atoms with E-state index in [-0.39, 0.29) is 55.1 Å². The normalized spacial score (nSPS) is 19.4. The lowest BCUT2D eigenvalue weighted by molar-refractivity contribution is -0.142. The molecule has 3 N–H and O–H groups in total. The van der Waals surface area contributed by atoms with Crippen LogP contribution in [0.4, 0.5) is 5.82 Å². The summed E-state index contributed by atoms with van der Waals surface area (Å²) in [6.45, 7) is 15.2. The molecule has 3 aliphatic heterocycles. The highest BCUT2D eigenvalue weighted by Crippen LogP contribution is 2.40. The molecule has 0 aliphatic carbocycles. The highest BCUT2D eigenvalue weighted by molar-refractivity contribution is 7.15. The lowest BCUT2D eigenvalue weighted by Crippen LogP contribution is -2.49. The standard InChI is InChI=1S/C53H57ClN12O4S2/c1-28(2)48(52(70)64-26-41(67)21-43(64)51(69)58-30(4)34-8-10-36(11-9-34)49-31(5)56-27-71-49)65-24-38(23-57-65)37-16-18-55-44(20-37)63-19-17-40(25-63)59-45(68)22-42-50-62-61-33(7)66(50)53-46(29(3)32(6)72-53)47(60-42)35-12-14-39(54)15-13-35/h8-16,18,20,23-24,27-28,30,40-43,48,67H,17,19,21-22,25-26H2,1-7H3,(H,58,69)(H,59,68)/t30?,40-,41+,42-,43-,48-/m0/s1. The number of aromatic nitrogens is 7. The Labute approximate surface area is 431 Å². The molecule has 7 aromatic rings. The maximum Gasteiger partial charge on any atom is 0.248 e. The van der Waals surface area contributed by atoms with E-state index < -0.39 is 24.2 Å². The minimum atomic E-state index is -0.838. The van der Waals surface area contributed by atoms with Gasteiger partial charge in [0.2, 0.25) is 17.7 Å². The van der Waals surface area contributed by atoms with Crippen LogP contribution in [0, 0.1) is 33.6 Å². The molecule has 10 rings (SSSR count). The quantitative estimate of drug-likeness (QED) is 0.101. The van der Waals surface area contributed by atoms with Crippen LogP contribution in [0.2, 0.25) is 5.02 Å². The van der Waals surface area contributed by atoms with Crippen molar-refractivity contribution < 1.29 is 19.5 Å². The molecule has 372 valence electrons. The molecule has 16 nitrogen and oxygen atoms in total. The number of hydrogen-bond acceptors (Lipinski definition) is 13. The van der Waals surface area contributed by atoms with Crippen LogP contribution in [0.25, 0.3) is 26.6 Å². The number of hydrogen-bond donors (Lipinski definition) is 3. The second kappa shape index (κ2) is 20.1. The zero-order valence-corrected chi connectivity index (χ0v) is 43.6. The third-order valence-corrected chi connectivity index (χ3v) is 16.5. The molecule has 2 saturated heterocycles. The van der Waals surface area contributed by atoms with Crippen LogP contribution >= 0.6 is 34.3 Å². The number of fused-ring (bicyclic) bond motifs is 3. The number of benzene rings is 2. The van der Waals surface area contributed by atoms with Crippen LogP contribution in [-0.4, -0.2) is 106 Å². The number of carbonyl (C=O) groups excluding carboxylic acids is 3. The predicted octanol–water partition coefficient (Wildman–Crippen LogP) is 8.31. The summed E-state index contributed by atoms with van der Waals surface area (Å²) < 4.78 is 3.72. The third kappa shape index (κ3) is 9.60. The molecule has 0 saturated carbocycles. The van der Waals surface area contributed by atoms with Crippen molar-refractivity contribution in [1.29, 1.82) is 0 Å². The maximum absolute atomic E-state index is 14.5. The molecule has 0 spiro atoms. The van der Waals surface area contributed by atoms with Gasteiger partial charge in [0, 0.05) is 71.1 Å². The van der Waals surface area contributed by atoms with E-state index in [1.807, 2.05) is 107 Å². The first kappa shape index (κ1) is 49.0. The SMILES string of the molecule is Cc1ncsc1-c1ccc(C(C)NC(=O)[C@@H]2C[C@@H](O)CN2C(=O)[C@H](C(C)C)n2cc(-c3ccnc(N4CC[C@H](NC(=O)C[C@@H]5N=C(c6ccc(Cl)cc6)c6c(sc(C)c6C)-n6c(C)nnc65)C4)c3)cn2)cc1. The van der Waals surface area contributed by atoms with Crippen LogP contribution in [-0.2, 0) is 14.4 Å². The highest BCUT2D eigenvalue weighted by atomic mass is 35.5. The van der Waals surface area contributed by atoms with Gasteiger partial charge in [-0.05, 0) is 93.5 Å². The number of aliphatic imine (C=N–C) groups is 1. The zero-order chi connectivity index (χ0) is 50.5. The monoisotopic (exact) mass is 1020 g/mol. The van der Waals surface area contributed by atoms with Crippen molar-refractivity contribution in [2.75, 3.05) is 24.5 Å². The fraction of sp³-hybridized carbons (Fsp3) is 0.377. The van der Waals surface area contributed by atoms with Gasteiger partial charge in [0.15, 0.2) is 5.82 Å². The van der Waals surface area contributed by atoms with Crippen molar-refractivity contribution in [1.82, 2.24) is 50.0 Å². The number of pyridine rings is 1. The van der Waals surface area contributed by atoms with Crippen LogP contribution in [0.15, 0.2) is 89.8 Å². The number of β-amino-alcohol motifs (C(OH)–C–C–N with tert-alkyl or cyclic N) is 1. The van der Waals surface area contributed by atoms with Crippen LogP contribution in [0.5, 0.6) is 0 Å². The Hall–Kier alpha value is -6.60. The molecule has 6 atom stereocenters. The molecular formula is C53H57ClN12O4S2. The van der Waals surface area contributed by atoms with E-state index in [0.717, 1.165) is 78.3 Å². The number of aryl methyl sites for hydroxylation is 3. The summed E-state index contributed by atoms with van der Waals surface area (Å²) in [4.78, 5) is 62.7. The number of anilines is 1. The number of aliphatic hydroxyl groups excluding tert-OH is 1. The number of thiazole rings is 1. The summed E-state index contributed by atoms with van der Waals surface area (Å²) in [7, 11) is 0. The van der Waals surface area contributed by atoms with E-state index in [4.69, 9.17) is 26.7 Å². The smallest absolute Gasteiger partial charge is 0.248 e. The summed E-state index contributed by atoms with van der Waals surface area (Å²) in [6.07, 6.45) is 5.47. The fourth-order valence-electron chi connectivity index (χ4n) is 10.2. The number of thiophene rings is 1. The molecule has 72 heavy (non-hydrogen) atoms. The van der Waals surface area contributed by atoms with E-state index in [9.17, 15) is 19.5 Å². The van der Waals surface area contributed by atoms with Gasteiger partial charge in [-0.25, -0.2) is 9.97 Å². The number of nitrogens with zero attached hydrogens (tertiary/aromatic N) is 10. The molecule has 19 heteroatoms. The number of nitrogens with one attached hydrogen (secondary N) is 2. The number of likely N-dealkylation sites (tertiary alicyclic amines) is 1. The molecule has 1 unspecified atom stereocenters. The molecule has 5 aromatic heterocycles. The number of rotatable bonds is 13. The first-order valence-corrected chi connectivity index (χ1v) is 26.4. The number of carbonyl (C=O) groups is 3. The predicted molar refractivity (Wildman–Crippen MR) is 281 cm³/mol. The second-order valence-corrected chi connectivity index (χ2v) is 21.9. The largest absolute Gasteiger partial charge is 0.391 e. The van der Waals surface area contributed by atoms with Gasteiger partial charge in [-0.15, -0.1) is 32.9 Å². The van der Waals surface area contributed by atoms with Crippen molar-refractivity contribution in [3.05, 3.63) is 134 Å². The zero-order valence-electron chi connectivity index (χ0n) is 41.2. The Morgan fingerprint density at radius 3 is 2.42 bits per heavy atom. The van der Waals surface area contributed by atoms with Crippen LogP contribution in [0.1, 0.15) is 103 Å². The number of aliphatic hydroxyl groups is 1. The van der Waals surface area contributed by atoms with E-state index in [1.54, 1.807) is 39.7 Å². The van der Waals surface area contributed by atoms with Gasteiger partial charge in [-0.1, -0.05) is 61.8 Å².